The molecule has 106 valence electrons. The van der Waals surface area contributed by atoms with Crippen LogP contribution in [0.3, 0.4) is 0 Å². The van der Waals surface area contributed by atoms with Crippen molar-refractivity contribution in [1.29, 1.82) is 0 Å². The number of anilines is 2. The van der Waals surface area contributed by atoms with Gasteiger partial charge in [0.05, 0.1) is 5.69 Å². The van der Waals surface area contributed by atoms with E-state index in [-0.39, 0.29) is 0 Å². The largest absolute Gasteiger partial charge is 0.399 e. The van der Waals surface area contributed by atoms with E-state index in [1.807, 2.05) is 53.2 Å². The quantitative estimate of drug-likeness (QED) is 0.721. The first-order valence-corrected chi connectivity index (χ1v) is 6.95. The number of nitrogens with zero attached hydrogens (tertiary/aromatic N) is 2. The van der Waals surface area contributed by atoms with Crippen LogP contribution in [0, 0.1) is 0 Å². The molecule has 0 fully saturated rings. The molecule has 1 heterocycles. The molecule has 0 aliphatic carbocycles. The van der Waals surface area contributed by atoms with Gasteiger partial charge in [0, 0.05) is 23.9 Å². The number of hydrogen-bond acceptors (Lipinski definition) is 3. The van der Waals surface area contributed by atoms with Gasteiger partial charge in [0.1, 0.15) is 5.82 Å². The summed E-state index contributed by atoms with van der Waals surface area (Å²) in [6, 6.07) is 19.9. The van der Waals surface area contributed by atoms with Crippen LogP contribution in [-0.4, -0.2) is 9.78 Å². The highest BCUT2D eigenvalue weighted by molar-refractivity contribution is 5.64. The third-order valence-electron chi connectivity index (χ3n) is 3.47. The highest BCUT2D eigenvalue weighted by atomic mass is 15.3. The predicted molar refractivity (Wildman–Crippen MR) is 86.6 cm³/mol. The molecule has 0 unspecified atom stereocenters. The fourth-order valence-electron chi connectivity index (χ4n) is 2.28. The van der Waals surface area contributed by atoms with Crippen molar-refractivity contribution in [2.24, 2.45) is 0 Å². The Labute approximate surface area is 124 Å². The van der Waals surface area contributed by atoms with Crippen LogP contribution in [0.15, 0.2) is 60.7 Å². The molecule has 0 amide bonds. The minimum absolute atomic E-state index is 0.678. The summed E-state index contributed by atoms with van der Waals surface area (Å²) in [6.07, 6.45) is 0.911. The molecule has 0 bridgehead atoms. The van der Waals surface area contributed by atoms with Gasteiger partial charge in [-0.1, -0.05) is 42.5 Å². The minimum Gasteiger partial charge on any atom is -0.399 e. The molecule has 3 rings (SSSR count). The van der Waals surface area contributed by atoms with Crippen molar-refractivity contribution in [3.05, 3.63) is 66.2 Å². The Hall–Kier alpha value is -2.75. The van der Waals surface area contributed by atoms with Crippen molar-refractivity contribution in [3.63, 3.8) is 0 Å². The molecule has 1 aromatic heterocycles. The Bertz CT molecular complexity index is 714. The summed E-state index contributed by atoms with van der Waals surface area (Å²) >= 11 is 0. The van der Waals surface area contributed by atoms with Crippen molar-refractivity contribution >= 4 is 11.5 Å². The maximum absolute atomic E-state index is 6.05. The number of benzene rings is 2. The molecule has 2 aromatic carbocycles. The maximum Gasteiger partial charge on any atom is 0.122 e. The van der Waals surface area contributed by atoms with Crippen molar-refractivity contribution in [3.8, 4) is 11.3 Å². The van der Waals surface area contributed by atoms with E-state index < -0.39 is 0 Å². The molecule has 0 saturated heterocycles. The third-order valence-corrected chi connectivity index (χ3v) is 3.47. The molecule has 0 radical (unpaired) electrons. The number of hydrogen-bond donors (Lipinski definition) is 2. The number of rotatable bonds is 4. The first-order valence-electron chi connectivity index (χ1n) is 6.95. The third kappa shape index (κ3) is 3.05. The number of aryl methyl sites for hydroxylation is 2. The summed E-state index contributed by atoms with van der Waals surface area (Å²) in [7, 11) is 0. The zero-order valence-electron chi connectivity index (χ0n) is 11.7. The summed E-state index contributed by atoms with van der Waals surface area (Å²) in [5, 5.41) is 4.58. The minimum atomic E-state index is 0.678. The zero-order chi connectivity index (χ0) is 14.7. The SMILES string of the molecule is Nc1ccc(-c2cc(N)n(CCc3ccccc3)n2)cc1. The van der Waals surface area contributed by atoms with E-state index in [0.717, 1.165) is 29.9 Å². The second-order valence-corrected chi connectivity index (χ2v) is 5.04. The van der Waals surface area contributed by atoms with Gasteiger partial charge in [0.2, 0.25) is 0 Å². The van der Waals surface area contributed by atoms with Crippen LogP contribution in [0.2, 0.25) is 0 Å². The molecule has 0 aliphatic heterocycles. The summed E-state index contributed by atoms with van der Waals surface area (Å²) in [5.41, 5.74) is 15.7. The van der Waals surface area contributed by atoms with Crippen molar-refractivity contribution < 1.29 is 0 Å². The predicted octanol–water partition coefficient (Wildman–Crippen LogP) is 2.96. The lowest BCUT2D eigenvalue weighted by Gasteiger charge is -2.04. The lowest BCUT2D eigenvalue weighted by Crippen LogP contribution is -2.06. The fraction of sp³-hybridized carbons (Fsp3) is 0.118. The van der Waals surface area contributed by atoms with Crippen molar-refractivity contribution in [1.82, 2.24) is 9.78 Å². The van der Waals surface area contributed by atoms with Crippen molar-refractivity contribution in [2.45, 2.75) is 13.0 Å². The second kappa shape index (κ2) is 5.71. The van der Waals surface area contributed by atoms with Crippen molar-refractivity contribution in [2.75, 3.05) is 11.5 Å². The average molecular weight is 278 g/mol. The molecule has 4 heteroatoms. The van der Waals surface area contributed by atoms with E-state index in [1.165, 1.54) is 5.56 Å². The van der Waals surface area contributed by atoms with Crippen LogP contribution >= 0.6 is 0 Å². The molecule has 3 aromatic rings. The van der Waals surface area contributed by atoms with Gasteiger partial charge in [0.15, 0.2) is 0 Å². The Morgan fingerprint density at radius 1 is 0.905 bits per heavy atom. The lowest BCUT2D eigenvalue weighted by atomic mass is 10.1. The van der Waals surface area contributed by atoms with Gasteiger partial charge in [-0.2, -0.15) is 5.10 Å². The summed E-state index contributed by atoms with van der Waals surface area (Å²) in [4.78, 5) is 0. The highest BCUT2D eigenvalue weighted by Crippen LogP contribution is 2.21. The average Bonchev–Trinajstić information content (AvgIpc) is 2.88. The number of nitrogen functional groups attached to an aromatic ring is 2. The van der Waals surface area contributed by atoms with Crippen LogP contribution in [0.1, 0.15) is 5.56 Å². The number of aromatic nitrogens is 2. The Morgan fingerprint density at radius 2 is 1.62 bits per heavy atom. The second-order valence-electron chi connectivity index (χ2n) is 5.04. The highest BCUT2D eigenvalue weighted by Gasteiger charge is 2.07. The fourth-order valence-corrected chi connectivity index (χ4v) is 2.28. The zero-order valence-corrected chi connectivity index (χ0v) is 11.7. The molecule has 0 saturated carbocycles. The standard InChI is InChI=1S/C17H18N4/c18-15-8-6-14(7-9-15)16-12-17(19)21(20-16)11-10-13-4-2-1-3-5-13/h1-9,12H,10-11,18-19H2. The Morgan fingerprint density at radius 3 is 2.33 bits per heavy atom. The van der Waals surface area contributed by atoms with Gasteiger partial charge in [-0.25, -0.2) is 4.68 Å². The maximum atomic E-state index is 6.05. The molecule has 4 N–H and O–H groups in total. The molecular formula is C17H18N4. The monoisotopic (exact) mass is 278 g/mol. The van der Waals surface area contributed by atoms with Crippen LogP contribution in [0.5, 0.6) is 0 Å². The molecule has 0 aliphatic rings. The van der Waals surface area contributed by atoms with Crippen LogP contribution < -0.4 is 11.5 Å². The molecule has 4 nitrogen and oxygen atoms in total. The van der Waals surface area contributed by atoms with Gasteiger partial charge in [-0.3, -0.25) is 0 Å². The van der Waals surface area contributed by atoms with Gasteiger partial charge in [0.25, 0.3) is 0 Å². The van der Waals surface area contributed by atoms with E-state index in [9.17, 15) is 0 Å². The van der Waals surface area contributed by atoms with E-state index in [0.29, 0.717) is 5.82 Å². The normalized spacial score (nSPS) is 10.7. The van der Waals surface area contributed by atoms with Gasteiger partial charge >= 0.3 is 0 Å². The van der Waals surface area contributed by atoms with Gasteiger partial charge in [-0.15, -0.1) is 0 Å². The Balaban J connectivity index is 1.77. The lowest BCUT2D eigenvalue weighted by molar-refractivity contribution is 0.625. The van der Waals surface area contributed by atoms with E-state index >= 15 is 0 Å². The smallest absolute Gasteiger partial charge is 0.122 e. The number of nitrogens with two attached hydrogens (primary N) is 2. The molecule has 21 heavy (non-hydrogen) atoms. The van der Waals surface area contributed by atoms with Gasteiger partial charge < -0.3 is 11.5 Å². The summed E-state index contributed by atoms with van der Waals surface area (Å²) in [5.74, 6) is 0.678. The summed E-state index contributed by atoms with van der Waals surface area (Å²) in [6.45, 7) is 0.769. The van der Waals surface area contributed by atoms with Gasteiger partial charge in [-0.05, 0) is 24.1 Å². The topological polar surface area (TPSA) is 69.9 Å². The van der Waals surface area contributed by atoms with E-state index in [1.54, 1.807) is 0 Å². The first-order chi connectivity index (χ1) is 10.2. The molecular weight excluding hydrogens is 260 g/mol. The van der Waals surface area contributed by atoms with E-state index in [2.05, 4.69) is 17.2 Å². The van der Waals surface area contributed by atoms with Crippen LogP contribution in [0.25, 0.3) is 11.3 Å². The Kier molecular flexibility index (Phi) is 3.60. The van der Waals surface area contributed by atoms with Crippen LogP contribution in [-0.2, 0) is 13.0 Å². The van der Waals surface area contributed by atoms with E-state index in [4.69, 9.17) is 11.5 Å². The molecule has 0 spiro atoms. The molecule has 0 atom stereocenters. The first kappa shape index (κ1) is 13.2. The van der Waals surface area contributed by atoms with Crippen LogP contribution in [0.4, 0.5) is 11.5 Å². The summed E-state index contributed by atoms with van der Waals surface area (Å²) < 4.78 is 1.85.